The number of esters is 1. The molecule has 0 atom stereocenters. The zero-order chi connectivity index (χ0) is 15.1. The number of carbonyl (C=O) groups is 2. The van der Waals surface area contributed by atoms with Crippen LogP contribution in [-0.4, -0.2) is 38.7 Å². The fraction of sp³-hybridized carbons (Fsp3) is 0.250. The fourth-order valence-corrected chi connectivity index (χ4v) is 1.87. The molecule has 0 heterocycles. The second-order valence-electron chi connectivity index (χ2n) is 4.48. The lowest BCUT2D eigenvalue weighted by atomic mass is 10.1. The van der Waals surface area contributed by atoms with Crippen LogP contribution >= 0.6 is 0 Å². The van der Waals surface area contributed by atoms with Crippen LogP contribution in [0.1, 0.15) is 10.4 Å². The number of hydrogen-bond acceptors (Lipinski definition) is 4. The summed E-state index contributed by atoms with van der Waals surface area (Å²) in [6.45, 7) is 0.516. The van der Waals surface area contributed by atoms with Gasteiger partial charge in [0.1, 0.15) is 0 Å². The van der Waals surface area contributed by atoms with Crippen molar-refractivity contribution in [3.63, 3.8) is 0 Å². The van der Waals surface area contributed by atoms with Crippen molar-refractivity contribution in [2.24, 2.45) is 0 Å². The van der Waals surface area contributed by atoms with E-state index in [-0.39, 0.29) is 12.5 Å². The maximum absolute atomic E-state index is 11.9. The fourth-order valence-electron chi connectivity index (χ4n) is 1.87. The van der Waals surface area contributed by atoms with Gasteiger partial charge in [-0.25, -0.2) is 4.79 Å². The van der Waals surface area contributed by atoms with Crippen LogP contribution in [0, 0.1) is 0 Å². The lowest BCUT2D eigenvalue weighted by Gasteiger charge is -2.07. The minimum atomic E-state index is -0.511. The Hall–Kier alpha value is -2.40. The Morgan fingerprint density at radius 3 is 2.62 bits per heavy atom. The van der Waals surface area contributed by atoms with Gasteiger partial charge in [-0.2, -0.15) is 0 Å². The number of carbonyl (C=O) groups excluding carboxylic acids is 2. The number of fused-ring (bicyclic) bond motifs is 1. The molecule has 0 aliphatic rings. The van der Waals surface area contributed by atoms with Crippen LogP contribution in [0.4, 0.5) is 0 Å². The molecule has 110 valence electrons. The van der Waals surface area contributed by atoms with E-state index in [0.29, 0.717) is 18.7 Å². The molecule has 5 nitrogen and oxygen atoms in total. The zero-order valence-electron chi connectivity index (χ0n) is 11.8. The Balaban J connectivity index is 1.91. The molecule has 0 aromatic heterocycles. The van der Waals surface area contributed by atoms with Crippen molar-refractivity contribution < 1.29 is 19.1 Å². The molecular formula is C16H17NO4. The molecule has 0 bridgehead atoms. The van der Waals surface area contributed by atoms with Crippen molar-refractivity contribution in [3.05, 3.63) is 48.0 Å². The van der Waals surface area contributed by atoms with Crippen molar-refractivity contribution in [1.29, 1.82) is 0 Å². The van der Waals surface area contributed by atoms with Crippen LogP contribution in [0.15, 0.2) is 42.5 Å². The maximum Gasteiger partial charge on any atom is 0.338 e. The predicted molar refractivity (Wildman–Crippen MR) is 79.1 cm³/mol. The third-order valence-corrected chi connectivity index (χ3v) is 2.95. The predicted octanol–water partition coefficient (Wildman–Crippen LogP) is 1.76. The number of ether oxygens (including phenoxy) is 2. The summed E-state index contributed by atoms with van der Waals surface area (Å²) >= 11 is 0. The van der Waals surface area contributed by atoms with Crippen LogP contribution in [0.3, 0.4) is 0 Å². The van der Waals surface area contributed by atoms with Gasteiger partial charge in [-0.15, -0.1) is 0 Å². The van der Waals surface area contributed by atoms with Gasteiger partial charge in [0.25, 0.3) is 5.91 Å². The Labute approximate surface area is 122 Å². The first-order valence-corrected chi connectivity index (χ1v) is 6.62. The van der Waals surface area contributed by atoms with E-state index in [4.69, 9.17) is 9.47 Å². The lowest BCUT2D eigenvalue weighted by Crippen LogP contribution is -2.31. The highest BCUT2D eigenvalue weighted by molar-refractivity contribution is 5.96. The van der Waals surface area contributed by atoms with E-state index < -0.39 is 5.97 Å². The van der Waals surface area contributed by atoms with Crippen LogP contribution in [0.25, 0.3) is 10.8 Å². The first-order chi connectivity index (χ1) is 10.2. The van der Waals surface area contributed by atoms with Gasteiger partial charge in [0, 0.05) is 13.7 Å². The van der Waals surface area contributed by atoms with E-state index in [0.717, 1.165) is 10.8 Å². The first-order valence-electron chi connectivity index (χ1n) is 6.62. The summed E-state index contributed by atoms with van der Waals surface area (Å²) in [6, 6.07) is 13.0. The van der Waals surface area contributed by atoms with Crippen molar-refractivity contribution in [2.75, 3.05) is 26.9 Å². The number of methoxy groups -OCH3 is 1. The Bertz CT molecular complexity index is 639. The van der Waals surface area contributed by atoms with Crippen molar-refractivity contribution >= 4 is 22.6 Å². The summed E-state index contributed by atoms with van der Waals surface area (Å²) in [5.74, 6) is -0.858. The number of amides is 1. The van der Waals surface area contributed by atoms with Gasteiger partial charge in [-0.1, -0.05) is 30.3 Å². The quantitative estimate of drug-likeness (QED) is 0.649. The Kier molecular flexibility index (Phi) is 5.29. The summed E-state index contributed by atoms with van der Waals surface area (Å²) in [6.07, 6.45) is 0. The van der Waals surface area contributed by atoms with Gasteiger partial charge in [0.15, 0.2) is 6.61 Å². The summed E-state index contributed by atoms with van der Waals surface area (Å²) in [5.41, 5.74) is 0.429. The van der Waals surface area contributed by atoms with Gasteiger partial charge in [0.2, 0.25) is 0 Å². The smallest absolute Gasteiger partial charge is 0.338 e. The highest BCUT2D eigenvalue weighted by atomic mass is 16.5. The van der Waals surface area contributed by atoms with E-state index in [9.17, 15) is 9.59 Å². The molecule has 5 heteroatoms. The van der Waals surface area contributed by atoms with Crippen LogP contribution in [0.5, 0.6) is 0 Å². The summed E-state index contributed by atoms with van der Waals surface area (Å²) in [7, 11) is 1.55. The highest BCUT2D eigenvalue weighted by Crippen LogP contribution is 2.16. The molecule has 0 radical (unpaired) electrons. The zero-order valence-corrected chi connectivity index (χ0v) is 11.8. The summed E-state index contributed by atoms with van der Waals surface area (Å²) < 4.78 is 9.78. The van der Waals surface area contributed by atoms with Crippen LogP contribution in [-0.2, 0) is 14.3 Å². The van der Waals surface area contributed by atoms with E-state index in [1.54, 1.807) is 19.2 Å². The topological polar surface area (TPSA) is 64.6 Å². The average Bonchev–Trinajstić information content (AvgIpc) is 2.52. The molecule has 1 N–H and O–H groups in total. The molecule has 21 heavy (non-hydrogen) atoms. The Morgan fingerprint density at radius 2 is 1.86 bits per heavy atom. The third-order valence-electron chi connectivity index (χ3n) is 2.95. The molecule has 0 aliphatic carbocycles. The second-order valence-corrected chi connectivity index (χ2v) is 4.48. The largest absolute Gasteiger partial charge is 0.452 e. The minimum Gasteiger partial charge on any atom is -0.452 e. The summed E-state index contributed by atoms with van der Waals surface area (Å²) in [5, 5.41) is 4.58. The number of benzene rings is 2. The van der Waals surface area contributed by atoms with Gasteiger partial charge < -0.3 is 14.8 Å². The standard InChI is InChI=1S/C16H17NO4/c1-20-9-8-17-15(18)11-21-16(19)14-7-6-12-4-2-3-5-13(12)10-14/h2-7,10H,8-9,11H2,1H3,(H,17,18). The van der Waals surface area contributed by atoms with Crippen LogP contribution in [0.2, 0.25) is 0 Å². The molecule has 0 unspecified atom stereocenters. The molecule has 0 saturated heterocycles. The van der Waals surface area contributed by atoms with Crippen molar-refractivity contribution in [3.8, 4) is 0 Å². The third kappa shape index (κ3) is 4.29. The number of nitrogens with one attached hydrogen (secondary N) is 1. The maximum atomic E-state index is 11.9. The molecule has 0 saturated carbocycles. The van der Waals surface area contributed by atoms with Gasteiger partial charge >= 0.3 is 5.97 Å². The average molecular weight is 287 g/mol. The Morgan fingerprint density at radius 1 is 1.10 bits per heavy atom. The van der Waals surface area contributed by atoms with Gasteiger partial charge in [-0.05, 0) is 22.9 Å². The molecule has 1 amide bonds. The molecule has 2 aromatic carbocycles. The van der Waals surface area contributed by atoms with E-state index in [2.05, 4.69) is 5.32 Å². The monoisotopic (exact) mass is 287 g/mol. The SMILES string of the molecule is COCCNC(=O)COC(=O)c1ccc2ccccc2c1. The van der Waals surface area contributed by atoms with E-state index in [1.807, 2.05) is 30.3 Å². The summed E-state index contributed by atoms with van der Waals surface area (Å²) in [4.78, 5) is 23.3. The lowest BCUT2D eigenvalue weighted by molar-refractivity contribution is -0.124. The molecule has 0 aliphatic heterocycles. The van der Waals surface area contributed by atoms with Gasteiger partial charge in [-0.3, -0.25) is 4.79 Å². The first kappa shape index (κ1) is 15.0. The highest BCUT2D eigenvalue weighted by Gasteiger charge is 2.10. The van der Waals surface area contributed by atoms with E-state index in [1.165, 1.54) is 0 Å². The van der Waals surface area contributed by atoms with Crippen LogP contribution < -0.4 is 5.32 Å². The number of rotatable bonds is 6. The molecule has 2 aromatic rings. The normalized spacial score (nSPS) is 10.3. The van der Waals surface area contributed by atoms with Crippen molar-refractivity contribution in [2.45, 2.75) is 0 Å². The minimum absolute atomic E-state index is 0.296. The second kappa shape index (κ2) is 7.40. The number of hydrogen-bond donors (Lipinski definition) is 1. The molecule has 0 fully saturated rings. The molecular weight excluding hydrogens is 270 g/mol. The molecule has 0 spiro atoms. The van der Waals surface area contributed by atoms with Crippen molar-refractivity contribution in [1.82, 2.24) is 5.32 Å². The van der Waals surface area contributed by atoms with Gasteiger partial charge in [0.05, 0.1) is 12.2 Å². The molecule has 2 rings (SSSR count). The van der Waals surface area contributed by atoms with E-state index >= 15 is 0 Å².